The first kappa shape index (κ1) is 8.82. The number of rotatable bonds is 1. The predicted molar refractivity (Wildman–Crippen MR) is 49.5 cm³/mol. The van der Waals surface area contributed by atoms with E-state index in [4.69, 9.17) is 5.73 Å². The molecule has 72 valence electrons. The zero-order valence-corrected chi connectivity index (χ0v) is 7.23. The van der Waals surface area contributed by atoms with E-state index in [1.54, 1.807) is 0 Å². The van der Waals surface area contributed by atoms with Crippen molar-refractivity contribution in [2.75, 3.05) is 0 Å². The van der Waals surface area contributed by atoms with E-state index in [1.165, 1.54) is 6.92 Å². The number of Topliss-reactive ketones (excluding diaryl/α,β-unsaturated/α-hetero) is 1. The van der Waals surface area contributed by atoms with E-state index in [1.807, 2.05) is 0 Å². The second kappa shape index (κ2) is 2.61. The van der Waals surface area contributed by atoms with E-state index in [0.29, 0.717) is 0 Å². The van der Waals surface area contributed by atoms with Crippen molar-refractivity contribution in [3.63, 3.8) is 0 Å². The SMILES string of the molecule is CC(=O)C1(N)N=C(F)N=C2N=CN=C21. The number of hydrogen-bond donors (Lipinski definition) is 1. The van der Waals surface area contributed by atoms with Crippen molar-refractivity contribution in [1.82, 2.24) is 0 Å². The van der Waals surface area contributed by atoms with Gasteiger partial charge < -0.3 is 0 Å². The zero-order chi connectivity index (χ0) is 10.3. The van der Waals surface area contributed by atoms with Crippen molar-refractivity contribution in [3.05, 3.63) is 0 Å². The summed E-state index contributed by atoms with van der Waals surface area (Å²) in [5.41, 5.74) is 3.92. The number of nitrogens with zero attached hydrogens (tertiary/aromatic N) is 4. The highest BCUT2D eigenvalue weighted by molar-refractivity contribution is 6.54. The smallest absolute Gasteiger partial charge is 0.295 e. The van der Waals surface area contributed by atoms with Crippen LogP contribution < -0.4 is 5.73 Å². The first-order chi connectivity index (χ1) is 6.54. The molecule has 2 heterocycles. The molecule has 2 aliphatic heterocycles. The number of halogens is 1. The highest BCUT2D eigenvalue weighted by Crippen LogP contribution is 2.18. The fraction of sp³-hybridized carbons (Fsp3) is 0.286. The fourth-order valence-corrected chi connectivity index (χ4v) is 1.17. The molecule has 1 unspecified atom stereocenters. The Morgan fingerprint density at radius 1 is 1.64 bits per heavy atom. The molecule has 0 amide bonds. The largest absolute Gasteiger partial charge is 0.308 e. The number of carbonyl (C=O) groups is 1. The van der Waals surface area contributed by atoms with Gasteiger partial charge in [0.05, 0.1) is 0 Å². The van der Waals surface area contributed by atoms with E-state index in [0.717, 1.165) is 6.34 Å². The monoisotopic (exact) mass is 195 g/mol. The van der Waals surface area contributed by atoms with Gasteiger partial charge in [-0.3, -0.25) is 10.5 Å². The van der Waals surface area contributed by atoms with Crippen LogP contribution in [0.2, 0.25) is 0 Å². The van der Waals surface area contributed by atoms with Crippen LogP contribution in [0.15, 0.2) is 20.0 Å². The molecule has 2 aliphatic rings. The Hall–Kier alpha value is -1.76. The van der Waals surface area contributed by atoms with Crippen LogP contribution in [-0.2, 0) is 4.79 Å². The maximum absolute atomic E-state index is 12.9. The summed E-state index contributed by atoms with van der Waals surface area (Å²) in [5.74, 6) is -0.500. The third-order valence-corrected chi connectivity index (χ3v) is 1.94. The Morgan fingerprint density at radius 3 is 3.00 bits per heavy atom. The second-order valence-corrected chi connectivity index (χ2v) is 2.86. The summed E-state index contributed by atoms with van der Waals surface area (Å²) < 4.78 is 12.9. The lowest BCUT2D eigenvalue weighted by Crippen LogP contribution is -2.56. The first-order valence-corrected chi connectivity index (χ1v) is 3.79. The van der Waals surface area contributed by atoms with Gasteiger partial charge in [-0.15, -0.1) is 0 Å². The minimum absolute atomic E-state index is 0.00944. The van der Waals surface area contributed by atoms with Crippen LogP contribution >= 0.6 is 0 Å². The number of carbonyl (C=O) groups excluding carboxylic acids is 1. The summed E-state index contributed by atoms with van der Waals surface area (Å²) in [7, 11) is 0. The molecule has 1 atom stereocenters. The summed E-state index contributed by atoms with van der Waals surface area (Å²) in [6.45, 7) is 1.21. The molecule has 0 bridgehead atoms. The van der Waals surface area contributed by atoms with Crippen LogP contribution in [0, 0.1) is 0 Å². The topological polar surface area (TPSA) is 92.5 Å². The first-order valence-electron chi connectivity index (χ1n) is 3.79. The van der Waals surface area contributed by atoms with Crippen molar-refractivity contribution in [2.45, 2.75) is 12.6 Å². The molecule has 7 heteroatoms. The van der Waals surface area contributed by atoms with E-state index < -0.39 is 17.5 Å². The molecule has 0 aromatic rings. The summed E-state index contributed by atoms with van der Waals surface area (Å²) >= 11 is 0. The third-order valence-electron chi connectivity index (χ3n) is 1.94. The van der Waals surface area contributed by atoms with Crippen molar-refractivity contribution < 1.29 is 9.18 Å². The molecule has 6 nitrogen and oxygen atoms in total. The number of nitrogens with two attached hydrogens (primary N) is 1. The van der Waals surface area contributed by atoms with Gasteiger partial charge in [0.2, 0.25) is 5.66 Å². The van der Waals surface area contributed by atoms with Crippen LogP contribution in [0.1, 0.15) is 6.92 Å². The number of fused-ring (bicyclic) bond motifs is 1. The highest BCUT2D eigenvalue weighted by atomic mass is 19.1. The maximum Gasteiger partial charge on any atom is 0.308 e. The molecule has 0 saturated carbocycles. The van der Waals surface area contributed by atoms with Crippen LogP contribution in [0.4, 0.5) is 4.39 Å². The summed E-state index contributed by atoms with van der Waals surface area (Å²) in [6.07, 6.45) is 0.100. The molecule has 0 fully saturated rings. The van der Waals surface area contributed by atoms with Crippen molar-refractivity contribution >= 4 is 29.8 Å². The lowest BCUT2D eigenvalue weighted by Gasteiger charge is -2.23. The molecular weight excluding hydrogens is 189 g/mol. The second-order valence-electron chi connectivity index (χ2n) is 2.86. The van der Waals surface area contributed by atoms with Gasteiger partial charge in [0, 0.05) is 0 Å². The number of ketones is 1. The summed E-state index contributed by atoms with van der Waals surface area (Å²) in [5, 5.41) is 0. The molecule has 0 radical (unpaired) electrons. The Morgan fingerprint density at radius 2 is 2.36 bits per heavy atom. The quantitative estimate of drug-likeness (QED) is 0.568. The Kier molecular flexibility index (Phi) is 1.65. The normalized spacial score (nSPS) is 29.2. The summed E-state index contributed by atoms with van der Waals surface area (Å²) in [4.78, 5) is 25.3. The number of hydrogen-bond acceptors (Lipinski definition) is 6. The Labute approximate surface area is 78.2 Å². The van der Waals surface area contributed by atoms with Crippen LogP contribution in [0.5, 0.6) is 0 Å². The van der Waals surface area contributed by atoms with Gasteiger partial charge in [0.25, 0.3) is 0 Å². The lowest BCUT2D eigenvalue weighted by atomic mass is 9.99. The van der Waals surface area contributed by atoms with Crippen LogP contribution in [0.25, 0.3) is 0 Å². The zero-order valence-electron chi connectivity index (χ0n) is 7.23. The molecular formula is C7H6FN5O. The van der Waals surface area contributed by atoms with Gasteiger partial charge in [-0.05, 0) is 6.92 Å². The Bertz CT molecular complexity index is 435. The van der Waals surface area contributed by atoms with Gasteiger partial charge in [-0.25, -0.2) is 15.0 Å². The number of amidine groups is 2. The average Bonchev–Trinajstić information content (AvgIpc) is 2.51. The molecule has 0 aliphatic carbocycles. The van der Waals surface area contributed by atoms with E-state index in [9.17, 15) is 9.18 Å². The fourth-order valence-electron chi connectivity index (χ4n) is 1.17. The summed E-state index contributed by atoms with van der Waals surface area (Å²) in [6, 6.07) is 0. The standard InChI is InChI=1S/C7H6FN5O/c1-3(14)7(9)4-5(11-2-10-4)12-6(8)13-7/h2H,9H2,1H3. The molecule has 0 aromatic heterocycles. The molecule has 2 rings (SSSR count). The van der Waals surface area contributed by atoms with Gasteiger partial charge in [-0.2, -0.15) is 9.38 Å². The molecule has 2 N–H and O–H groups in total. The van der Waals surface area contributed by atoms with E-state index in [2.05, 4.69) is 20.0 Å². The molecule has 0 spiro atoms. The average molecular weight is 195 g/mol. The Balaban J connectivity index is 2.57. The number of aliphatic imine (C=N–C) groups is 4. The van der Waals surface area contributed by atoms with Gasteiger partial charge in [0.1, 0.15) is 12.1 Å². The maximum atomic E-state index is 12.9. The third kappa shape index (κ3) is 1.02. The minimum atomic E-state index is -1.78. The predicted octanol–water partition coefficient (Wildman–Crippen LogP) is -0.549. The molecule has 0 saturated heterocycles. The van der Waals surface area contributed by atoms with Gasteiger partial charge >= 0.3 is 6.09 Å². The van der Waals surface area contributed by atoms with Crippen molar-refractivity contribution in [3.8, 4) is 0 Å². The lowest BCUT2D eigenvalue weighted by molar-refractivity contribution is -0.119. The van der Waals surface area contributed by atoms with E-state index >= 15 is 0 Å². The van der Waals surface area contributed by atoms with E-state index in [-0.39, 0.29) is 11.5 Å². The van der Waals surface area contributed by atoms with Gasteiger partial charge in [0.15, 0.2) is 11.6 Å². The van der Waals surface area contributed by atoms with Crippen LogP contribution in [-0.4, -0.2) is 35.4 Å². The van der Waals surface area contributed by atoms with Crippen molar-refractivity contribution in [1.29, 1.82) is 0 Å². The molecule has 14 heavy (non-hydrogen) atoms. The highest BCUT2D eigenvalue weighted by Gasteiger charge is 2.43. The van der Waals surface area contributed by atoms with Crippen LogP contribution in [0.3, 0.4) is 0 Å². The van der Waals surface area contributed by atoms with Crippen molar-refractivity contribution in [2.24, 2.45) is 25.7 Å². The minimum Gasteiger partial charge on any atom is -0.295 e. The molecule has 0 aromatic carbocycles. The van der Waals surface area contributed by atoms with Gasteiger partial charge in [-0.1, -0.05) is 0 Å².